The van der Waals surface area contributed by atoms with Crippen molar-refractivity contribution in [2.24, 2.45) is 5.41 Å². The normalized spacial score (nSPS) is 22.8. The molecule has 0 unspecified atom stereocenters. The number of hydrogen-bond donors (Lipinski definition) is 1. The minimum Gasteiger partial charge on any atom is -0.504 e. The number of Topliss-reactive ketones (excluding diaryl/α,β-unsaturated/α-hetero) is 2. The highest BCUT2D eigenvalue weighted by Gasteiger charge is 2.49. The van der Waals surface area contributed by atoms with Crippen LogP contribution in [-0.2, 0) is 9.59 Å². The molecule has 1 aliphatic carbocycles. The Hall–Kier alpha value is -2.70. The summed E-state index contributed by atoms with van der Waals surface area (Å²) in [7, 11) is 0. The second-order valence-electron chi connectivity index (χ2n) is 6.81. The van der Waals surface area contributed by atoms with Gasteiger partial charge in [0.05, 0.1) is 17.3 Å². The molecule has 1 saturated carbocycles. The molecule has 0 spiro atoms. The van der Waals surface area contributed by atoms with Crippen molar-refractivity contribution in [3.63, 3.8) is 0 Å². The molecule has 2 heterocycles. The highest BCUT2D eigenvalue weighted by atomic mass is 16.5. The number of ketones is 2. The highest BCUT2D eigenvalue weighted by Crippen LogP contribution is 2.46. The molecule has 0 amide bonds. The Bertz CT molecular complexity index is 856. The third-order valence-electron chi connectivity index (χ3n) is 4.21. The molecular weight excluding hydrogens is 312 g/mol. The van der Waals surface area contributed by atoms with Crippen LogP contribution in [0.4, 0.5) is 0 Å². The fourth-order valence-corrected chi connectivity index (χ4v) is 3.12. The molecule has 7 heteroatoms. The van der Waals surface area contributed by atoms with Crippen LogP contribution in [0.1, 0.15) is 49.1 Å². The minimum atomic E-state index is -0.711. The average Bonchev–Trinajstić information content (AvgIpc) is 3.06. The van der Waals surface area contributed by atoms with Gasteiger partial charge in [0.15, 0.2) is 17.3 Å². The number of nitrogens with zero attached hydrogens (tertiary/aromatic N) is 2. The van der Waals surface area contributed by atoms with Crippen LogP contribution in [0, 0.1) is 19.3 Å². The molecule has 1 atom stereocenters. The molecule has 1 N–H and O–H groups in total. The van der Waals surface area contributed by atoms with Crippen molar-refractivity contribution in [1.29, 1.82) is 0 Å². The Morgan fingerprint density at radius 3 is 2.33 bits per heavy atom. The number of carbonyl (C=O) groups is 2. The average molecular weight is 330 g/mol. The maximum Gasteiger partial charge on any atom is 0.202 e. The number of allylic oxidation sites excluding steroid dienone is 1. The third-order valence-corrected chi connectivity index (χ3v) is 4.21. The van der Waals surface area contributed by atoms with E-state index in [1.54, 1.807) is 19.9 Å². The van der Waals surface area contributed by atoms with Gasteiger partial charge in [0.1, 0.15) is 11.3 Å². The number of aryl methyl sites for hydroxylation is 2. The first-order valence-electron chi connectivity index (χ1n) is 7.58. The Balaban J connectivity index is 2.12. The molecule has 3 rings (SSSR count). The van der Waals surface area contributed by atoms with E-state index >= 15 is 0 Å². The summed E-state index contributed by atoms with van der Waals surface area (Å²) in [6.07, 6.45) is 0.0929. The Morgan fingerprint density at radius 2 is 1.79 bits per heavy atom. The summed E-state index contributed by atoms with van der Waals surface area (Å²) in [4.78, 5) is 25.5. The number of aliphatic hydroxyl groups excluding tert-OH is 1. The fourth-order valence-electron chi connectivity index (χ4n) is 3.12. The summed E-state index contributed by atoms with van der Waals surface area (Å²) in [6, 6.07) is 3.14. The number of carbonyl (C=O) groups excluding carboxylic acids is 2. The predicted octanol–water partition coefficient (Wildman–Crippen LogP) is 2.90. The van der Waals surface area contributed by atoms with Crippen molar-refractivity contribution < 1.29 is 23.7 Å². The van der Waals surface area contributed by atoms with Gasteiger partial charge in [-0.2, -0.15) is 0 Å². The van der Waals surface area contributed by atoms with Gasteiger partial charge in [-0.25, -0.2) is 0 Å². The van der Waals surface area contributed by atoms with E-state index in [9.17, 15) is 14.7 Å². The van der Waals surface area contributed by atoms with Crippen molar-refractivity contribution in [3.8, 4) is 0 Å². The van der Waals surface area contributed by atoms with E-state index in [2.05, 4.69) is 10.3 Å². The van der Waals surface area contributed by atoms with Gasteiger partial charge in [0, 0.05) is 18.6 Å². The topological polar surface area (TPSA) is 106 Å². The maximum absolute atomic E-state index is 13.0. The second-order valence-corrected chi connectivity index (χ2v) is 6.81. The van der Waals surface area contributed by atoms with Crippen LogP contribution in [0.3, 0.4) is 0 Å². The summed E-state index contributed by atoms with van der Waals surface area (Å²) < 4.78 is 10.2. The fraction of sp³-hybridized carbons (Fsp3) is 0.412. The Labute approximate surface area is 138 Å². The SMILES string of the molecule is Cc1cc(/C(O)=C2/C(=O)CC(C)(C)[C@H](c3cc(C)no3)C2=O)on1. The molecule has 2 aromatic heterocycles. The summed E-state index contributed by atoms with van der Waals surface area (Å²) >= 11 is 0. The molecule has 0 aromatic carbocycles. The van der Waals surface area contributed by atoms with Crippen molar-refractivity contribution in [2.45, 2.75) is 40.0 Å². The lowest BCUT2D eigenvalue weighted by Crippen LogP contribution is -2.40. The first kappa shape index (κ1) is 16.2. The van der Waals surface area contributed by atoms with Crippen LogP contribution >= 0.6 is 0 Å². The third kappa shape index (κ3) is 2.55. The van der Waals surface area contributed by atoms with E-state index < -0.39 is 28.7 Å². The van der Waals surface area contributed by atoms with Crippen molar-refractivity contribution in [1.82, 2.24) is 10.3 Å². The van der Waals surface area contributed by atoms with Crippen LogP contribution in [0.25, 0.3) is 5.76 Å². The van der Waals surface area contributed by atoms with Crippen molar-refractivity contribution in [2.75, 3.05) is 0 Å². The van der Waals surface area contributed by atoms with Crippen LogP contribution in [-0.4, -0.2) is 27.0 Å². The standard InChI is InChI=1S/C17H18N2O5/c1-8-5-11(23-18-8)14-16(22)13(10(20)7-17(14,3)4)15(21)12-6-9(2)19-24-12/h5-6,14,21H,7H2,1-4H3/b15-13+/t14-/m1/s1. The predicted molar refractivity (Wildman–Crippen MR) is 83.2 cm³/mol. The lowest BCUT2D eigenvalue weighted by atomic mass is 9.64. The quantitative estimate of drug-likeness (QED) is 0.512. The van der Waals surface area contributed by atoms with Gasteiger partial charge in [0.25, 0.3) is 0 Å². The van der Waals surface area contributed by atoms with E-state index in [4.69, 9.17) is 9.05 Å². The number of rotatable bonds is 2. The minimum absolute atomic E-state index is 0.00333. The molecule has 1 fully saturated rings. The van der Waals surface area contributed by atoms with E-state index in [0.29, 0.717) is 17.1 Å². The number of hydrogen-bond acceptors (Lipinski definition) is 7. The Morgan fingerprint density at radius 1 is 1.17 bits per heavy atom. The zero-order valence-electron chi connectivity index (χ0n) is 13.9. The molecule has 7 nitrogen and oxygen atoms in total. The molecule has 1 aliphatic rings. The van der Waals surface area contributed by atoms with Gasteiger partial charge in [-0.15, -0.1) is 0 Å². The molecule has 2 aromatic rings. The largest absolute Gasteiger partial charge is 0.504 e. The van der Waals surface area contributed by atoms with Crippen molar-refractivity contribution >= 4 is 17.3 Å². The van der Waals surface area contributed by atoms with Gasteiger partial charge in [-0.05, 0) is 19.3 Å². The summed E-state index contributed by atoms with van der Waals surface area (Å²) in [6.45, 7) is 7.07. The van der Waals surface area contributed by atoms with E-state index in [1.807, 2.05) is 13.8 Å². The summed E-state index contributed by atoms with van der Waals surface area (Å²) in [5, 5.41) is 17.9. The lowest BCUT2D eigenvalue weighted by Gasteiger charge is -2.35. The van der Waals surface area contributed by atoms with E-state index in [1.165, 1.54) is 6.07 Å². The highest BCUT2D eigenvalue weighted by molar-refractivity contribution is 6.28. The molecule has 0 radical (unpaired) electrons. The smallest absolute Gasteiger partial charge is 0.202 e. The van der Waals surface area contributed by atoms with Gasteiger partial charge in [0.2, 0.25) is 5.76 Å². The van der Waals surface area contributed by atoms with E-state index in [0.717, 1.165) is 0 Å². The Kier molecular flexibility index (Phi) is 3.66. The molecule has 126 valence electrons. The maximum atomic E-state index is 13.0. The first-order valence-corrected chi connectivity index (χ1v) is 7.58. The molecule has 24 heavy (non-hydrogen) atoms. The van der Waals surface area contributed by atoms with Crippen LogP contribution in [0.15, 0.2) is 26.8 Å². The molecule has 0 saturated heterocycles. The summed E-state index contributed by atoms with van der Waals surface area (Å²) in [5.74, 6) is -1.74. The van der Waals surface area contributed by atoms with Gasteiger partial charge in [-0.1, -0.05) is 24.2 Å². The molecule has 0 aliphatic heterocycles. The summed E-state index contributed by atoms with van der Waals surface area (Å²) in [5.41, 5.74) is 0.257. The zero-order valence-corrected chi connectivity index (χ0v) is 13.9. The first-order chi connectivity index (χ1) is 11.2. The van der Waals surface area contributed by atoms with Crippen LogP contribution < -0.4 is 0 Å². The lowest BCUT2D eigenvalue weighted by molar-refractivity contribution is -0.129. The van der Waals surface area contributed by atoms with Crippen LogP contribution in [0.2, 0.25) is 0 Å². The van der Waals surface area contributed by atoms with Gasteiger partial charge >= 0.3 is 0 Å². The van der Waals surface area contributed by atoms with Crippen molar-refractivity contribution in [3.05, 3.63) is 40.6 Å². The monoisotopic (exact) mass is 330 g/mol. The van der Waals surface area contributed by atoms with Gasteiger partial charge in [-0.3, -0.25) is 9.59 Å². The van der Waals surface area contributed by atoms with Gasteiger partial charge < -0.3 is 14.2 Å². The molecular formula is C17H18N2O5. The number of aliphatic hydroxyl groups is 1. The second kappa shape index (κ2) is 5.43. The van der Waals surface area contributed by atoms with E-state index in [-0.39, 0.29) is 17.8 Å². The molecule has 0 bridgehead atoms. The zero-order chi connectivity index (χ0) is 17.6. The van der Waals surface area contributed by atoms with Crippen LogP contribution in [0.5, 0.6) is 0 Å². The number of aromatic nitrogens is 2.